The van der Waals surface area contributed by atoms with E-state index in [1.54, 1.807) is 0 Å². The van der Waals surface area contributed by atoms with Gasteiger partial charge in [-0.2, -0.15) is 0 Å². The molecule has 0 aliphatic carbocycles. The van der Waals surface area contributed by atoms with Gasteiger partial charge < -0.3 is 9.80 Å². The van der Waals surface area contributed by atoms with Gasteiger partial charge in [-0.1, -0.05) is 46.5 Å². The van der Waals surface area contributed by atoms with E-state index in [0.717, 1.165) is 0 Å². The number of unbranched alkanes of at least 4 members (excludes halogenated alkanes) is 3. The molecule has 0 fully saturated rings. The van der Waals surface area contributed by atoms with E-state index in [1.807, 2.05) is 0 Å². The molecule has 1 unspecified atom stereocenters. The molecule has 0 aromatic rings. The predicted molar refractivity (Wildman–Crippen MR) is 75.7 cm³/mol. The molecular weight excluding hydrogens is 208 g/mol. The van der Waals surface area contributed by atoms with Crippen molar-refractivity contribution in [1.82, 2.24) is 9.80 Å². The molecule has 1 atom stereocenters. The summed E-state index contributed by atoms with van der Waals surface area (Å²) >= 11 is 0. The molecule has 0 aromatic heterocycles. The summed E-state index contributed by atoms with van der Waals surface area (Å²) in [6.45, 7) is 9.27. The van der Waals surface area contributed by atoms with Gasteiger partial charge in [0, 0.05) is 25.5 Å². The average Bonchev–Trinajstić information content (AvgIpc) is 2.69. The zero-order chi connectivity index (χ0) is 12.5. The SMILES string of the molecule is CCCCCCN1C=CN(CCC)C1CCC. The van der Waals surface area contributed by atoms with Crippen LogP contribution >= 0.6 is 0 Å². The van der Waals surface area contributed by atoms with Crippen molar-refractivity contribution in [3.63, 3.8) is 0 Å². The van der Waals surface area contributed by atoms with Crippen molar-refractivity contribution in [3.05, 3.63) is 12.4 Å². The van der Waals surface area contributed by atoms with E-state index in [1.165, 1.54) is 58.0 Å². The highest BCUT2D eigenvalue weighted by Crippen LogP contribution is 2.21. The number of hydrogen-bond donors (Lipinski definition) is 0. The van der Waals surface area contributed by atoms with Crippen molar-refractivity contribution in [2.75, 3.05) is 13.1 Å². The van der Waals surface area contributed by atoms with Crippen LogP contribution in [0.3, 0.4) is 0 Å². The van der Waals surface area contributed by atoms with Gasteiger partial charge in [0.25, 0.3) is 0 Å². The first-order valence-electron chi connectivity index (χ1n) is 7.53. The second-order valence-electron chi connectivity index (χ2n) is 5.10. The molecule has 100 valence electrons. The van der Waals surface area contributed by atoms with Gasteiger partial charge in [-0.15, -0.1) is 0 Å². The van der Waals surface area contributed by atoms with E-state index in [2.05, 4.69) is 43.0 Å². The van der Waals surface area contributed by atoms with Crippen molar-refractivity contribution < 1.29 is 0 Å². The third kappa shape index (κ3) is 4.61. The van der Waals surface area contributed by atoms with Crippen LogP contribution in [0.2, 0.25) is 0 Å². The summed E-state index contributed by atoms with van der Waals surface area (Å²) in [5.74, 6) is 0. The second-order valence-corrected chi connectivity index (χ2v) is 5.10. The second kappa shape index (κ2) is 8.43. The lowest BCUT2D eigenvalue weighted by Crippen LogP contribution is -2.39. The molecule has 0 aromatic carbocycles. The van der Waals surface area contributed by atoms with Crippen LogP contribution in [0.5, 0.6) is 0 Å². The lowest BCUT2D eigenvalue weighted by molar-refractivity contribution is 0.140. The third-order valence-corrected chi connectivity index (χ3v) is 3.51. The molecule has 0 radical (unpaired) electrons. The van der Waals surface area contributed by atoms with Crippen molar-refractivity contribution in [1.29, 1.82) is 0 Å². The van der Waals surface area contributed by atoms with Crippen LogP contribution in [0.4, 0.5) is 0 Å². The first-order chi connectivity index (χ1) is 8.33. The fourth-order valence-electron chi connectivity index (χ4n) is 2.58. The topological polar surface area (TPSA) is 6.48 Å². The Labute approximate surface area is 108 Å². The van der Waals surface area contributed by atoms with Crippen LogP contribution in [0.1, 0.15) is 65.7 Å². The van der Waals surface area contributed by atoms with Crippen molar-refractivity contribution >= 4 is 0 Å². The van der Waals surface area contributed by atoms with E-state index in [-0.39, 0.29) is 0 Å². The van der Waals surface area contributed by atoms with Gasteiger partial charge in [0.1, 0.15) is 6.17 Å². The van der Waals surface area contributed by atoms with Crippen molar-refractivity contribution in [2.45, 2.75) is 71.9 Å². The van der Waals surface area contributed by atoms with E-state index < -0.39 is 0 Å². The van der Waals surface area contributed by atoms with E-state index >= 15 is 0 Å². The van der Waals surface area contributed by atoms with Crippen LogP contribution in [0, 0.1) is 0 Å². The molecule has 1 heterocycles. The van der Waals surface area contributed by atoms with Gasteiger partial charge in [0.15, 0.2) is 0 Å². The summed E-state index contributed by atoms with van der Waals surface area (Å²) in [5.41, 5.74) is 0. The van der Waals surface area contributed by atoms with E-state index in [4.69, 9.17) is 0 Å². The Morgan fingerprint density at radius 2 is 1.47 bits per heavy atom. The quantitative estimate of drug-likeness (QED) is 0.556. The molecule has 1 aliphatic rings. The molecule has 1 rings (SSSR count). The maximum atomic E-state index is 2.55. The molecule has 0 bridgehead atoms. The van der Waals surface area contributed by atoms with Crippen LogP contribution in [-0.4, -0.2) is 29.1 Å². The summed E-state index contributed by atoms with van der Waals surface area (Å²) in [6, 6.07) is 0. The highest BCUT2D eigenvalue weighted by molar-refractivity contribution is 4.96. The van der Waals surface area contributed by atoms with E-state index in [9.17, 15) is 0 Å². The zero-order valence-corrected chi connectivity index (χ0v) is 12.0. The average molecular weight is 238 g/mol. The molecule has 17 heavy (non-hydrogen) atoms. The first-order valence-corrected chi connectivity index (χ1v) is 7.53. The minimum absolute atomic E-state index is 0.640. The Hall–Kier alpha value is -0.660. The smallest absolute Gasteiger partial charge is 0.101 e. The predicted octanol–water partition coefficient (Wildman–Crippen LogP) is 4.19. The fourth-order valence-corrected chi connectivity index (χ4v) is 2.58. The minimum Gasteiger partial charge on any atom is -0.356 e. The zero-order valence-electron chi connectivity index (χ0n) is 12.0. The Kier molecular flexibility index (Phi) is 7.14. The third-order valence-electron chi connectivity index (χ3n) is 3.51. The Bertz CT molecular complexity index is 213. The van der Waals surface area contributed by atoms with Gasteiger partial charge >= 0.3 is 0 Å². The largest absolute Gasteiger partial charge is 0.356 e. The lowest BCUT2D eigenvalue weighted by Gasteiger charge is -2.32. The van der Waals surface area contributed by atoms with Crippen LogP contribution in [0.15, 0.2) is 12.4 Å². The summed E-state index contributed by atoms with van der Waals surface area (Å²) in [5, 5.41) is 0. The minimum atomic E-state index is 0.640. The summed E-state index contributed by atoms with van der Waals surface area (Å²) in [7, 11) is 0. The Morgan fingerprint density at radius 1 is 0.765 bits per heavy atom. The molecule has 2 heteroatoms. The van der Waals surface area contributed by atoms with Gasteiger partial charge in [-0.3, -0.25) is 0 Å². The molecule has 0 spiro atoms. The normalized spacial score (nSPS) is 19.4. The molecule has 0 saturated heterocycles. The molecule has 2 nitrogen and oxygen atoms in total. The van der Waals surface area contributed by atoms with Crippen LogP contribution in [-0.2, 0) is 0 Å². The molecule has 0 amide bonds. The van der Waals surface area contributed by atoms with Gasteiger partial charge in [0.05, 0.1) is 0 Å². The molecule has 0 saturated carbocycles. The summed E-state index contributed by atoms with van der Waals surface area (Å²) in [4.78, 5) is 5.07. The van der Waals surface area contributed by atoms with Crippen LogP contribution < -0.4 is 0 Å². The maximum absolute atomic E-state index is 2.55. The fraction of sp³-hybridized carbons (Fsp3) is 0.867. The Balaban J connectivity index is 2.34. The molecule has 1 aliphatic heterocycles. The van der Waals surface area contributed by atoms with Gasteiger partial charge in [0.2, 0.25) is 0 Å². The summed E-state index contributed by atoms with van der Waals surface area (Å²) in [6.07, 6.45) is 14.5. The molecule has 0 N–H and O–H groups in total. The first kappa shape index (κ1) is 14.4. The van der Waals surface area contributed by atoms with Gasteiger partial charge in [-0.05, 0) is 19.3 Å². The monoisotopic (exact) mass is 238 g/mol. The van der Waals surface area contributed by atoms with Crippen molar-refractivity contribution in [3.8, 4) is 0 Å². The van der Waals surface area contributed by atoms with Crippen LogP contribution in [0.25, 0.3) is 0 Å². The highest BCUT2D eigenvalue weighted by Gasteiger charge is 2.23. The standard InChI is InChI=1S/C15H30N2/c1-4-7-8-9-12-17-14-13-16(11-6-3)15(17)10-5-2/h13-15H,4-12H2,1-3H3. The highest BCUT2D eigenvalue weighted by atomic mass is 15.4. The number of rotatable bonds is 9. The summed E-state index contributed by atoms with van der Waals surface area (Å²) < 4.78 is 0. The maximum Gasteiger partial charge on any atom is 0.101 e. The molecular formula is C15H30N2. The van der Waals surface area contributed by atoms with Gasteiger partial charge in [-0.25, -0.2) is 0 Å². The van der Waals surface area contributed by atoms with Crippen molar-refractivity contribution in [2.24, 2.45) is 0 Å². The Morgan fingerprint density at radius 3 is 2.06 bits per heavy atom. The van der Waals surface area contributed by atoms with E-state index in [0.29, 0.717) is 6.17 Å². The number of nitrogens with zero attached hydrogens (tertiary/aromatic N) is 2. The lowest BCUT2D eigenvalue weighted by atomic mass is 10.2. The number of hydrogen-bond acceptors (Lipinski definition) is 2.